The minimum atomic E-state index is -4.29. The van der Waals surface area contributed by atoms with E-state index in [1.54, 1.807) is 18.2 Å². The molecule has 0 spiro atoms. The Balaban J connectivity index is 2.96. The van der Waals surface area contributed by atoms with Gasteiger partial charge in [-0.2, -0.15) is 13.2 Å². The van der Waals surface area contributed by atoms with E-state index in [-0.39, 0.29) is 18.7 Å². The second-order valence-corrected chi connectivity index (χ2v) is 4.65. The number of hydrogen-bond donors (Lipinski definition) is 1. The van der Waals surface area contributed by atoms with Crippen molar-refractivity contribution in [2.75, 3.05) is 20.1 Å². The average Bonchev–Trinajstić information content (AvgIpc) is 2.41. The van der Waals surface area contributed by atoms with Crippen LogP contribution in [-0.4, -0.2) is 37.1 Å². The molecule has 0 aromatic heterocycles. The van der Waals surface area contributed by atoms with E-state index in [1.165, 1.54) is 7.05 Å². The summed E-state index contributed by atoms with van der Waals surface area (Å²) < 4.78 is 36.6. The smallest absolute Gasteiger partial charge is 0.341 e. The molecule has 0 aliphatic heterocycles. The lowest BCUT2D eigenvalue weighted by molar-refractivity contribution is -0.136. The van der Waals surface area contributed by atoms with Crippen LogP contribution in [0.1, 0.15) is 27.9 Å². The van der Waals surface area contributed by atoms with Gasteiger partial charge in [0.1, 0.15) is 0 Å². The van der Waals surface area contributed by atoms with Gasteiger partial charge in [-0.1, -0.05) is 17.9 Å². The molecule has 0 fully saturated rings. The Morgan fingerprint density at radius 2 is 2.05 bits per heavy atom. The van der Waals surface area contributed by atoms with Crippen LogP contribution < -0.4 is 5.73 Å². The largest absolute Gasteiger partial charge is 0.390 e. The summed E-state index contributed by atoms with van der Waals surface area (Å²) in [6.45, 7) is 1.60. The lowest BCUT2D eigenvalue weighted by Gasteiger charge is -2.19. The van der Waals surface area contributed by atoms with E-state index in [2.05, 4.69) is 11.8 Å². The van der Waals surface area contributed by atoms with Crippen LogP contribution in [0.2, 0.25) is 0 Å². The molecule has 1 aromatic carbocycles. The van der Waals surface area contributed by atoms with Gasteiger partial charge in [0, 0.05) is 19.2 Å². The molecule has 21 heavy (non-hydrogen) atoms. The molecule has 0 bridgehead atoms. The van der Waals surface area contributed by atoms with Crippen molar-refractivity contribution >= 4 is 5.91 Å². The predicted octanol–water partition coefficient (Wildman–Crippen LogP) is 2.33. The maximum absolute atomic E-state index is 12.2. The monoisotopic (exact) mass is 298 g/mol. The Morgan fingerprint density at radius 1 is 1.38 bits per heavy atom. The van der Waals surface area contributed by atoms with Crippen molar-refractivity contribution in [2.24, 2.45) is 5.73 Å². The Bertz CT molecular complexity index is 571. The Morgan fingerprint density at radius 3 is 2.62 bits per heavy atom. The minimum Gasteiger partial charge on any atom is -0.341 e. The van der Waals surface area contributed by atoms with E-state index in [1.807, 2.05) is 6.92 Å². The summed E-state index contributed by atoms with van der Waals surface area (Å²) >= 11 is 0. The quantitative estimate of drug-likeness (QED) is 0.871. The lowest BCUT2D eigenvalue weighted by Crippen LogP contribution is -2.31. The summed E-state index contributed by atoms with van der Waals surface area (Å²) in [5, 5.41) is 0. The van der Waals surface area contributed by atoms with Crippen molar-refractivity contribution in [3.05, 3.63) is 34.9 Å². The zero-order chi connectivity index (χ0) is 16.0. The number of benzene rings is 1. The molecule has 0 heterocycles. The summed E-state index contributed by atoms with van der Waals surface area (Å²) in [7, 11) is 1.34. The van der Waals surface area contributed by atoms with Gasteiger partial charge in [-0.25, -0.2) is 0 Å². The molecular formula is C15H17F3N2O. The van der Waals surface area contributed by atoms with Gasteiger partial charge in [-0.3, -0.25) is 4.79 Å². The molecule has 0 radical (unpaired) electrons. The molecule has 6 heteroatoms. The van der Waals surface area contributed by atoms with E-state index >= 15 is 0 Å². The number of rotatable bonds is 3. The predicted molar refractivity (Wildman–Crippen MR) is 74.7 cm³/mol. The molecule has 0 saturated heterocycles. The van der Waals surface area contributed by atoms with Crippen LogP contribution in [-0.2, 0) is 0 Å². The van der Waals surface area contributed by atoms with Crippen molar-refractivity contribution in [1.29, 1.82) is 0 Å². The van der Waals surface area contributed by atoms with E-state index < -0.39 is 18.5 Å². The van der Waals surface area contributed by atoms with Gasteiger partial charge in [0.15, 0.2) is 0 Å². The molecule has 0 aliphatic carbocycles. The zero-order valence-corrected chi connectivity index (χ0v) is 11.9. The minimum absolute atomic E-state index is 0.144. The molecule has 0 unspecified atom stereocenters. The fourth-order valence-corrected chi connectivity index (χ4v) is 1.70. The number of nitrogens with two attached hydrogens (primary N) is 1. The molecule has 3 nitrogen and oxygen atoms in total. The van der Waals surface area contributed by atoms with Gasteiger partial charge in [-0.15, -0.1) is 0 Å². The number of carbonyl (C=O) groups excluding carboxylic acids is 1. The van der Waals surface area contributed by atoms with Gasteiger partial charge in [0.05, 0.1) is 18.5 Å². The number of amides is 1. The maximum atomic E-state index is 12.2. The highest BCUT2D eigenvalue weighted by atomic mass is 19.4. The van der Waals surface area contributed by atoms with Crippen LogP contribution in [0.25, 0.3) is 0 Å². The van der Waals surface area contributed by atoms with Gasteiger partial charge >= 0.3 is 6.18 Å². The normalized spacial score (nSPS) is 10.8. The summed E-state index contributed by atoms with van der Waals surface area (Å²) in [5.41, 5.74) is 6.97. The van der Waals surface area contributed by atoms with Crippen molar-refractivity contribution in [1.82, 2.24) is 4.90 Å². The Labute approximate surface area is 121 Å². The molecule has 1 amide bonds. The molecule has 0 atom stereocenters. The average molecular weight is 298 g/mol. The standard InChI is InChI=1S/C15H17F3N2O/c1-11-5-6-13(12(10-11)4-3-8-19)14(21)20(2)9-7-15(16,17)18/h5-6,10H,7-9,19H2,1-2H3. The zero-order valence-electron chi connectivity index (χ0n) is 11.9. The third-order valence-electron chi connectivity index (χ3n) is 2.81. The molecule has 1 rings (SSSR count). The summed E-state index contributed by atoms with van der Waals surface area (Å²) in [5.74, 6) is 4.94. The maximum Gasteiger partial charge on any atom is 0.390 e. The molecule has 0 aliphatic rings. The highest BCUT2D eigenvalue weighted by Crippen LogP contribution is 2.20. The first kappa shape index (κ1) is 17.1. The van der Waals surface area contributed by atoms with Crippen LogP contribution in [0, 0.1) is 18.8 Å². The first-order valence-electron chi connectivity index (χ1n) is 6.36. The van der Waals surface area contributed by atoms with Gasteiger partial charge < -0.3 is 10.6 Å². The van der Waals surface area contributed by atoms with Crippen LogP contribution >= 0.6 is 0 Å². The van der Waals surface area contributed by atoms with Gasteiger partial charge in [0.2, 0.25) is 0 Å². The van der Waals surface area contributed by atoms with Crippen molar-refractivity contribution < 1.29 is 18.0 Å². The summed E-state index contributed by atoms with van der Waals surface area (Å²) in [4.78, 5) is 13.3. The molecule has 0 saturated carbocycles. The lowest BCUT2D eigenvalue weighted by atomic mass is 10.0. The molecule has 1 aromatic rings. The summed E-state index contributed by atoms with van der Waals surface area (Å²) in [6, 6.07) is 5.01. The third-order valence-corrected chi connectivity index (χ3v) is 2.81. The van der Waals surface area contributed by atoms with Crippen LogP contribution in [0.3, 0.4) is 0 Å². The van der Waals surface area contributed by atoms with E-state index in [0.29, 0.717) is 5.56 Å². The molecule has 114 valence electrons. The first-order chi connectivity index (χ1) is 9.74. The fraction of sp³-hybridized carbons (Fsp3) is 0.400. The highest BCUT2D eigenvalue weighted by Gasteiger charge is 2.28. The Kier molecular flexibility index (Phi) is 5.79. The van der Waals surface area contributed by atoms with E-state index in [4.69, 9.17) is 5.73 Å². The molecular weight excluding hydrogens is 281 g/mol. The number of carbonyl (C=O) groups is 1. The fourth-order valence-electron chi connectivity index (χ4n) is 1.70. The number of hydrogen-bond acceptors (Lipinski definition) is 2. The van der Waals surface area contributed by atoms with E-state index in [0.717, 1.165) is 10.5 Å². The van der Waals surface area contributed by atoms with Gasteiger partial charge in [0.25, 0.3) is 5.91 Å². The number of nitrogens with zero attached hydrogens (tertiary/aromatic N) is 1. The van der Waals surface area contributed by atoms with E-state index in [9.17, 15) is 18.0 Å². The van der Waals surface area contributed by atoms with Crippen molar-refractivity contribution in [2.45, 2.75) is 19.5 Å². The second-order valence-electron chi connectivity index (χ2n) is 4.65. The van der Waals surface area contributed by atoms with Crippen LogP contribution in [0.15, 0.2) is 18.2 Å². The molecule has 2 N–H and O–H groups in total. The van der Waals surface area contributed by atoms with Crippen LogP contribution in [0.4, 0.5) is 13.2 Å². The number of aryl methyl sites for hydroxylation is 1. The van der Waals surface area contributed by atoms with Gasteiger partial charge in [-0.05, 0) is 24.6 Å². The van der Waals surface area contributed by atoms with Crippen LogP contribution in [0.5, 0.6) is 0 Å². The topological polar surface area (TPSA) is 46.3 Å². The Hall–Kier alpha value is -2.00. The SMILES string of the molecule is Cc1ccc(C(=O)N(C)CCC(F)(F)F)c(C#CCN)c1. The highest BCUT2D eigenvalue weighted by molar-refractivity contribution is 5.96. The second kappa shape index (κ2) is 7.14. The van der Waals surface area contributed by atoms with Crippen molar-refractivity contribution in [3.63, 3.8) is 0 Å². The summed E-state index contributed by atoms with van der Waals surface area (Å²) in [6.07, 6.45) is -5.32. The first-order valence-corrected chi connectivity index (χ1v) is 6.36. The number of halogens is 3. The number of alkyl halides is 3. The third kappa shape index (κ3) is 5.48. The van der Waals surface area contributed by atoms with Crippen molar-refractivity contribution in [3.8, 4) is 11.8 Å².